The van der Waals surface area contributed by atoms with Gasteiger partial charge in [-0.05, 0) is 35.7 Å². The maximum atomic E-state index is 12.5. The number of para-hydroxylation sites is 1. The molecular formula is C24H27N3O4. The summed E-state index contributed by atoms with van der Waals surface area (Å²) in [4.78, 5) is 14.2. The van der Waals surface area contributed by atoms with Crippen LogP contribution in [0.4, 0.5) is 0 Å². The predicted molar refractivity (Wildman–Crippen MR) is 115 cm³/mol. The fraction of sp³-hybridized carbons (Fsp3) is 0.375. The highest BCUT2D eigenvalue weighted by Gasteiger charge is 2.25. The molecule has 1 atom stereocenters. The highest BCUT2D eigenvalue weighted by Crippen LogP contribution is 2.28. The third kappa shape index (κ3) is 5.42. The second-order valence-corrected chi connectivity index (χ2v) is 7.77. The Labute approximate surface area is 182 Å². The summed E-state index contributed by atoms with van der Waals surface area (Å²) in [6, 6.07) is 15.9. The Bertz CT molecular complexity index is 1010. The van der Waals surface area contributed by atoms with Gasteiger partial charge in [0.25, 0.3) is 0 Å². The molecule has 0 N–H and O–H groups in total. The summed E-state index contributed by atoms with van der Waals surface area (Å²) in [7, 11) is 3.46. The number of carbonyl (C=O) groups excluding carboxylic acids is 1. The number of nitrogens with zero attached hydrogens (tertiary/aromatic N) is 3. The number of aromatic nitrogens is 2. The number of carbonyl (C=O) groups is 1. The van der Waals surface area contributed by atoms with Gasteiger partial charge in [-0.15, -0.1) is 10.2 Å². The summed E-state index contributed by atoms with van der Waals surface area (Å²) in [6.45, 7) is 0.559. The highest BCUT2D eigenvalue weighted by molar-refractivity contribution is 5.76. The molecule has 2 heterocycles. The Balaban J connectivity index is 1.21. The van der Waals surface area contributed by atoms with Gasteiger partial charge in [0.1, 0.15) is 17.6 Å². The van der Waals surface area contributed by atoms with Gasteiger partial charge in [0, 0.05) is 32.7 Å². The first-order valence-corrected chi connectivity index (χ1v) is 10.5. The molecule has 2 aromatic carbocycles. The number of rotatable bonds is 9. The van der Waals surface area contributed by atoms with Crippen LogP contribution in [-0.2, 0) is 30.5 Å². The van der Waals surface area contributed by atoms with E-state index >= 15 is 0 Å². The van der Waals surface area contributed by atoms with Gasteiger partial charge in [-0.2, -0.15) is 0 Å². The first kappa shape index (κ1) is 20.9. The molecule has 3 aromatic rings. The number of ether oxygens (including phenoxy) is 2. The first-order chi connectivity index (χ1) is 15.1. The lowest BCUT2D eigenvalue weighted by Crippen LogP contribution is -2.36. The van der Waals surface area contributed by atoms with Gasteiger partial charge in [0.05, 0.1) is 13.7 Å². The third-order valence-electron chi connectivity index (χ3n) is 5.44. The van der Waals surface area contributed by atoms with Crippen LogP contribution >= 0.6 is 0 Å². The van der Waals surface area contributed by atoms with E-state index in [1.165, 1.54) is 5.56 Å². The number of likely N-dealkylation sites (N-methyl/N-ethyl adjacent to an activating group) is 1. The van der Waals surface area contributed by atoms with E-state index in [1.807, 2.05) is 49.5 Å². The molecule has 0 bridgehead atoms. The summed E-state index contributed by atoms with van der Waals surface area (Å²) in [6.07, 6.45) is 3.01. The monoisotopic (exact) mass is 421 g/mol. The van der Waals surface area contributed by atoms with Gasteiger partial charge in [-0.3, -0.25) is 4.79 Å². The van der Waals surface area contributed by atoms with Crippen molar-refractivity contribution in [1.82, 2.24) is 15.1 Å². The quantitative estimate of drug-likeness (QED) is 0.528. The second kappa shape index (κ2) is 9.64. The summed E-state index contributed by atoms with van der Waals surface area (Å²) < 4.78 is 16.9. The molecule has 31 heavy (non-hydrogen) atoms. The Kier molecular flexibility index (Phi) is 6.50. The second-order valence-electron chi connectivity index (χ2n) is 7.77. The SMILES string of the molecule is COc1cccc(CCc2nnc(CCC(=O)N(C)C[C@H]3Cc4ccccc4O3)o2)c1. The van der Waals surface area contributed by atoms with Crippen molar-refractivity contribution in [2.45, 2.75) is 38.2 Å². The smallest absolute Gasteiger partial charge is 0.222 e. The Hall–Kier alpha value is -3.35. The van der Waals surface area contributed by atoms with Gasteiger partial charge < -0.3 is 18.8 Å². The van der Waals surface area contributed by atoms with Crippen molar-refractivity contribution < 1.29 is 18.7 Å². The van der Waals surface area contributed by atoms with Crippen molar-refractivity contribution in [2.24, 2.45) is 0 Å². The van der Waals surface area contributed by atoms with Crippen LogP contribution in [0.25, 0.3) is 0 Å². The standard InChI is InChI=1S/C24H27N3O4/c1-27(16-20-15-18-7-3-4-9-21(18)30-20)24(28)13-12-23-26-25-22(31-23)11-10-17-6-5-8-19(14-17)29-2/h3-9,14,20H,10-13,15-16H2,1-2H3/t20-/m1/s1. The molecule has 0 unspecified atom stereocenters. The minimum absolute atomic E-state index is 0.00188. The van der Waals surface area contributed by atoms with Gasteiger partial charge in [-0.1, -0.05) is 30.3 Å². The van der Waals surface area contributed by atoms with E-state index in [0.717, 1.165) is 29.9 Å². The van der Waals surface area contributed by atoms with Gasteiger partial charge in [-0.25, -0.2) is 0 Å². The largest absolute Gasteiger partial charge is 0.497 e. The Morgan fingerprint density at radius 3 is 2.71 bits per heavy atom. The molecule has 1 aromatic heterocycles. The number of hydrogen-bond donors (Lipinski definition) is 0. The van der Waals surface area contributed by atoms with Crippen molar-refractivity contribution in [3.05, 3.63) is 71.4 Å². The fourth-order valence-electron chi connectivity index (χ4n) is 3.74. The topological polar surface area (TPSA) is 77.7 Å². The van der Waals surface area contributed by atoms with Gasteiger partial charge in [0.15, 0.2) is 0 Å². The summed E-state index contributed by atoms with van der Waals surface area (Å²) in [5, 5.41) is 8.20. The number of aryl methyl sites for hydroxylation is 3. The average molecular weight is 421 g/mol. The molecule has 0 fully saturated rings. The summed E-state index contributed by atoms with van der Waals surface area (Å²) >= 11 is 0. The molecular weight excluding hydrogens is 394 g/mol. The minimum Gasteiger partial charge on any atom is -0.497 e. The maximum Gasteiger partial charge on any atom is 0.222 e. The van der Waals surface area contributed by atoms with Crippen LogP contribution in [-0.4, -0.2) is 47.8 Å². The molecule has 0 spiro atoms. The van der Waals surface area contributed by atoms with Crippen molar-refractivity contribution in [3.63, 3.8) is 0 Å². The maximum absolute atomic E-state index is 12.5. The molecule has 4 rings (SSSR count). The van der Waals surface area contributed by atoms with Crippen LogP contribution in [0.3, 0.4) is 0 Å². The van der Waals surface area contributed by atoms with Crippen molar-refractivity contribution in [1.29, 1.82) is 0 Å². The molecule has 1 aliphatic rings. The van der Waals surface area contributed by atoms with Crippen LogP contribution in [0.15, 0.2) is 52.9 Å². The van der Waals surface area contributed by atoms with E-state index < -0.39 is 0 Å². The van der Waals surface area contributed by atoms with Gasteiger partial charge in [0.2, 0.25) is 17.7 Å². The van der Waals surface area contributed by atoms with E-state index in [0.29, 0.717) is 37.6 Å². The van der Waals surface area contributed by atoms with E-state index in [2.05, 4.69) is 16.3 Å². The molecule has 0 radical (unpaired) electrons. The molecule has 7 nitrogen and oxygen atoms in total. The molecule has 0 saturated heterocycles. The minimum atomic E-state index is -0.00188. The zero-order valence-corrected chi connectivity index (χ0v) is 17.9. The number of amides is 1. The van der Waals surface area contributed by atoms with Crippen LogP contribution in [0, 0.1) is 0 Å². The molecule has 1 amide bonds. The molecule has 0 aliphatic carbocycles. The number of methoxy groups -OCH3 is 1. The predicted octanol–water partition coefficient (Wildman–Crippen LogP) is 3.26. The summed E-state index contributed by atoms with van der Waals surface area (Å²) in [5.41, 5.74) is 2.34. The third-order valence-corrected chi connectivity index (χ3v) is 5.44. The molecule has 0 saturated carbocycles. The summed E-state index contributed by atoms with van der Waals surface area (Å²) in [5.74, 6) is 2.86. The Morgan fingerprint density at radius 1 is 1.10 bits per heavy atom. The molecule has 7 heteroatoms. The highest BCUT2D eigenvalue weighted by atomic mass is 16.5. The van der Waals surface area contributed by atoms with E-state index in [4.69, 9.17) is 13.9 Å². The lowest BCUT2D eigenvalue weighted by Gasteiger charge is -2.20. The fourth-order valence-corrected chi connectivity index (χ4v) is 3.74. The first-order valence-electron chi connectivity index (χ1n) is 10.5. The van der Waals surface area contributed by atoms with Crippen LogP contribution in [0.5, 0.6) is 11.5 Å². The van der Waals surface area contributed by atoms with E-state index in [-0.39, 0.29) is 12.0 Å². The zero-order valence-electron chi connectivity index (χ0n) is 17.9. The lowest BCUT2D eigenvalue weighted by molar-refractivity contribution is -0.130. The number of hydrogen-bond acceptors (Lipinski definition) is 6. The molecule has 162 valence electrons. The molecule has 1 aliphatic heterocycles. The number of fused-ring (bicyclic) bond motifs is 1. The van der Waals surface area contributed by atoms with Crippen molar-refractivity contribution in [2.75, 3.05) is 20.7 Å². The van der Waals surface area contributed by atoms with Crippen molar-refractivity contribution >= 4 is 5.91 Å². The van der Waals surface area contributed by atoms with Crippen LogP contribution in [0.2, 0.25) is 0 Å². The van der Waals surface area contributed by atoms with E-state index in [1.54, 1.807) is 12.0 Å². The van der Waals surface area contributed by atoms with Gasteiger partial charge >= 0.3 is 0 Å². The lowest BCUT2D eigenvalue weighted by atomic mass is 10.1. The average Bonchev–Trinajstić information content (AvgIpc) is 3.42. The Morgan fingerprint density at radius 2 is 1.90 bits per heavy atom. The zero-order chi connectivity index (χ0) is 21.6. The normalized spacial score (nSPS) is 14.7. The number of benzene rings is 2. The van der Waals surface area contributed by atoms with E-state index in [9.17, 15) is 4.79 Å². The van der Waals surface area contributed by atoms with Crippen molar-refractivity contribution in [3.8, 4) is 11.5 Å². The van der Waals surface area contributed by atoms with Crippen LogP contribution < -0.4 is 9.47 Å². The van der Waals surface area contributed by atoms with Crippen LogP contribution in [0.1, 0.15) is 29.3 Å².